The second-order valence-electron chi connectivity index (χ2n) is 2.69. The Morgan fingerprint density at radius 2 is 2.29 bits per heavy atom. The zero-order chi connectivity index (χ0) is 9.97. The summed E-state index contributed by atoms with van der Waals surface area (Å²) in [6, 6.07) is 7.06. The first-order chi connectivity index (χ1) is 6.81. The number of benzene rings is 1. The maximum Gasteiger partial charge on any atom is 0.182 e. The molecule has 0 saturated carbocycles. The van der Waals surface area contributed by atoms with Crippen LogP contribution >= 0.6 is 11.6 Å². The molecular formula is C10H6ClNO2. The van der Waals surface area contributed by atoms with Crippen molar-refractivity contribution in [2.24, 2.45) is 0 Å². The maximum atomic E-state index is 10.6. The van der Waals surface area contributed by atoms with Gasteiger partial charge in [-0.25, -0.2) is 4.98 Å². The highest BCUT2D eigenvalue weighted by molar-refractivity contribution is 6.30. The Labute approximate surface area is 85.3 Å². The molecule has 2 aromatic rings. The van der Waals surface area contributed by atoms with E-state index in [1.54, 1.807) is 24.3 Å². The number of aldehydes is 1. The van der Waals surface area contributed by atoms with Crippen molar-refractivity contribution in [2.45, 2.75) is 0 Å². The Morgan fingerprint density at radius 1 is 1.43 bits per heavy atom. The first-order valence-corrected chi connectivity index (χ1v) is 4.33. The van der Waals surface area contributed by atoms with Gasteiger partial charge in [-0.15, -0.1) is 0 Å². The summed E-state index contributed by atoms with van der Waals surface area (Å²) in [5.74, 6) is 0.447. The largest absolute Gasteiger partial charge is 0.443 e. The van der Waals surface area contributed by atoms with Crippen LogP contribution in [0.3, 0.4) is 0 Å². The molecule has 0 atom stereocenters. The lowest BCUT2D eigenvalue weighted by Gasteiger charge is -1.96. The molecule has 0 fully saturated rings. The van der Waals surface area contributed by atoms with Gasteiger partial charge in [0.05, 0.1) is 0 Å². The van der Waals surface area contributed by atoms with Gasteiger partial charge in [0.25, 0.3) is 0 Å². The lowest BCUT2D eigenvalue weighted by Crippen LogP contribution is -1.83. The number of nitrogens with zero attached hydrogens (tertiary/aromatic N) is 1. The molecule has 4 heteroatoms. The standard InChI is InChI=1S/C10H6ClNO2/c11-8-3-1-2-7(4-8)10-9(5-13)12-6-14-10/h1-6H. The summed E-state index contributed by atoms with van der Waals surface area (Å²) in [6.07, 6.45) is 1.89. The van der Waals surface area contributed by atoms with Crippen LogP contribution in [0.4, 0.5) is 0 Å². The summed E-state index contributed by atoms with van der Waals surface area (Å²) < 4.78 is 5.10. The summed E-state index contributed by atoms with van der Waals surface area (Å²) in [5.41, 5.74) is 1.03. The van der Waals surface area contributed by atoms with Crippen molar-refractivity contribution in [1.29, 1.82) is 0 Å². The van der Waals surface area contributed by atoms with E-state index in [2.05, 4.69) is 4.98 Å². The number of carbonyl (C=O) groups excluding carboxylic acids is 1. The van der Waals surface area contributed by atoms with E-state index in [-0.39, 0.29) is 5.69 Å². The zero-order valence-corrected chi connectivity index (χ0v) is 7.86. The monoisotopic (exact) mass is 207 g/mol. The fourth-order valence-electron chi connectivity index (χ4n) is 1.18. The molecule has 0 N–H and O–H groups in total. The molecule has 0 amide bonds. The van der Waals surface area contributed by atoms with Gasteiger partial charge in [-0.3, -0.25) is 4.79 Å². The topological polar surface area (TPSA) is 43.1 Å². The fraction of sp³-hybridized carbons (Fsp3) is 0. The molecule has 0 saturated heterocycles. The van der Waals surface area contributed by atoms with Crippen molar-refractivity contribution >= 4 is 17.9 Å². The van der Waals surface area contributed by atoms with Crippen molar-refractivity contribution in [3.8, 4) is 11.3 Å². The van der Waals surface area contributed by atoms with Crippen LogP contribution in [0.25, 0.3) is 11.3 Å². The van der Waals surface area contributed by atoms with E-state index in [1.165, 1.54) is 6.39 Å². The number of aromatic nitrogens is 1. The summed E-state index contributed by atoms with van der Waals surface area (Å²) >= 11 is 5.81. The number of halogens is 1. The van der Waals surface area contributed by atoms with Gasteiger partial charge in [-0.05, 0) is 12.1 Å². The third kappa shape index (κ3) is 1.54. The van der Waals surface area contributed by atoms with Crippen molar-refractivity contribution in [1.82, 2.24) is 4.98 Å². The van der Waals surface area contributed by atoms with E-state index >= 15 is 0 Å². The van der Waals surface area contributed by atoms with Crippen molar-refractivity contribution in [3.63, 3.8) is 0 Å². The highest BCUT2D eigenvalue weighted by Crippen LogP contribution is 2.24. The highest BCUT2D eigenvalue weighted by atomic mass is 35.5. The minimum Gasteiger partial charge on any atom is -0.443 e. The quantitative estimate of drug-likeness (QED) is 0.712. The molecule has 14 heavy (non-hydrogen) atoms. The van der Waals surface area contributed by atoms with Crippen LogP contribution in [0.1, 0.15) is 10.5 Å². The van der Waals surface area contributed by atoms with Gasteiger partial charge in [0.2, 0.25) is 0 Å². The minimum atomic E-state index is 0.285. The van der Waals surface area contributed by atoms with E-state index in [0.717, 1.165) is 5.56 Å². The van der Waals surface area contributed by atoms with E-state index in [9.17, 15) is 4.79 Å². The maximum absolute atomic E-state index is 10.6. The Kier molecular flexibility index (Phi) is 2.33. The minimum absolute atomic E-state index is 0.285. The predicted octanol–water partition coefficient (Wildman–Crippen LogP) is 2.81. The number of hydrogen-bond donors (Lipinski definition) is 0. The fourth-order valence-corrected chi connectivity index (χ4v) is 1.37. The molecule has 2 rings (SSSR count). The molecule has 1 aromatic carbocycles. The Morgan fingerprint density at radius 3 is 3.00 bits per heavy atom. The average Bonchev–Trinajstić information content (AvgIpc) is 2.65. The zero-order valence-electron chi connectivity index (χ0n) is 7.11. The average molecular weight is 208 g/mol. The lowest BCUT2D eigenvalue weighted by molar-refractivity contribution is 0.112. The summed E-state index contributed by atoms with van der Waals surface area (Å²) in [5, 5.41) is 0.593. The van der Waals surface area contributed by atoms with Gasteiger partial charge in [-0.1, -0.05) is 23.7 Å². The second kappa shape index (κ2) is 3.64. The Bertz CT molecular complexity index is 465. The molecule has 0 aliphatic heterocycles. The van der Waals surface area contributed by atoms with Gasteiger partial charge in [0.15, 0.2) is 18.4 Å². The molecule has 0 bridgehead atoms. The van der Waals surface area contributed by atoms with Gasteiger partial charge < -0.3 is 4.42 Å². The van der Waals surface area contributed by atoms with Crippen LogP contribution in [0.2, 0.25) is 5.02 Å². The SMILES string of the molecule is O=Cc1ncoc1-c1cccc(Cl)c1. The molecule has 0 unspecified atom stereocenters. The number of rotatable bonds is 2. The number of carbonyl (C=O) groups is 1. The summed E-state index contributed by atoms with van der Waals surface area (Å²) in [6.45, 7) is 0. The van der Waals surface area contributed by atoms with Crippen molar-refractivity contribution < 1.29 is 9.21 Å². The number of oxazole rings is 1. The first kappa shape index (κ1) is 8.97. The summed E-state index contributed by atoms with van der Waals surface area (Å²) in [4.78, 5) is 14.4. The molecule has 0 aliphatic carbocycles. The number of hydrogen-bond acceptors (Lipinski definition) is 3. The van der Waals surface area contributed by atoms with Gasteiger partial charge in [0, 0.05) is 10.6 Å². The van der Waals surface area contributed by atoms with Crippen molar-refractivity contribution in [2.75, 3.05) is 0 Å². The second-order valence-corrected chi connectivity index (χ2v) is 3.13. The van der Waals surface area contributed by atoms with E-state index in [4.69, 9.17) is 16.0 Å². The van der Waals surface area contributed by atoms with Gasteiger partial charge in [-0.2, -0.15) is 0 Å². The van der Waals surface area contributed by atoms with Crippen LogP contribution in [0, 0.1) is 0 Å². The molecule has 3 nitrogen and oxygen atoms in total. The first-order valence-electron chi connectivity index (χ1n) is 3.96. The molecule has 1 aromatic heterocycles. The van der Waals surface area contributed by atoms with Crippen LogP contribution in [0.5, 0.6) is 0 Å². The Balaban J connectivity index is 2.54. The lowest BCUT2D eigenvalue weighted by atomic mass is 10.1. The van der Waals surface area contributed by atoms with Crippen molar-refractivity contribution in [3.05, 3.63) is 41.4 Å². The molecule has 0 radical (unpaired) electrons. The van der Waals surface area contributed by atoms with Crippen LogP contribution in [-0.4, -0.2) is 11.3 Å². The van der Waals surface area contributed by atoms with Gasteiger partial charge in [0.1, 0.15) is 5.69 Å². The molecule has 1 heterocycles. The molecule has 70 valence electrons. The molecule has 0 aliphatic rings. The molecule has 0 spiro atoms. The predicted molar refractivity (Wildman–Crippen MR) is 52.3 cm³/mol. The van der Waals surface area contributed by atoms with E-state index in [0.29, 0.717) is 17.1 Å². The van der Waals surface area contributed by atoms with Crippen LogP contribution < -0.4 is 0 Å². The van der Waals surface area contributed by atoms with Gasteiger partial charge >= 0.3 is 0 Å². The summed E-state index contributed by atoms with van der Waals surface area (Å²) in [7, 11) is 0. The third-order valence-electron chi connectivity index (χ3n) is 1.79. The van der Waals surface area contributed by atoms with Crippen LogP contribution in [0.15, 0.2) is 35.1 Å². The van der Waals surface area contributed by atoms with Crippen LogP contribution in [-0.2, 0) is 0 Å². The third-order valence-corrected chi connectivity index (χ3v) is 2.03. The normalized spacial score (nSPS) is 10.1. The molecular weight excluding hydrogens is 202 g/mol. The van der Waals surface area contributed by atoms with E-state index in [1.807, 2.05) is 0 Å². The highest BCUT2D eigenvalue weighted by Gasteiger charge is 2.09. The Hall–Kier alpha value is -1.61. The van der Waals surface area contributed by atoms with E-state index < -0.39 is 0 Å². The smallest absolute Gasteiger partial charge is 0.182 e.